The lowest BCUT2D eigenvalue weighted by atomic mass is 10.1. The molecule has 0 aliphatic heterocycles. The summed E-state index contributed by atoms with van der Waals surface area (Å²) in [6, 6.07) is 8.18. The van der Waals surface area contributed by atoms with Gasteiger partial charge in [0.25, 0.3) is 0 Å². The Morgan fingerprint density at radius 1 is 1.38 bits per heavy atom. The first-order chi connectivity index (χ1) is 7.74. The number of anilines is 1. The van der Waals surface area contributed by atoms with Crippen LogP contribution in [0.5, 0.6) is 0 Å². The summed E-state index contributed by atoms with van der Waals surface area (Å²) in [5.74, 6) is 0. The third-order valence-corrected chi connectivity index (χ3v) is 3.27. The van der Waals surface area contributed by atoms with Gasteiger partial charge in [-0.25, -0.2) is 0 Å². The number of nitriles is 1. The third-order valence-electron chi connectivity index (χ3n) is 2.61. The molecule has 1 aromatic carbocycles. The number of halogens is 1. The molecule has 0 amide bonds. The number of hydrogen-bond donors (Lipinski definition) is 0. The highest BCUT2D eigenvalue weighted by Crippen LogP contribution is 2.27. The maximum atomic E-state index is 9.16. The van der Waals surface area contributed by atoms with Gasteiger partial charge in [0, 0.05) is 17.6 Å². The van der Waals surface area contributed by atoms with Crippen LogP contribution in [0, 0.1) is 11.3 Å². The standard InChI is InChI=1S/C13H17BrN2/c1-3-5-9-16(4-2)13-8-6-7-12(14)11(13)10-15/h6-8H,3-5,9H2,1-2H3. The topological polar surface area (TPSA) is 27.0 Å². The maximum absolute atomic E-state index is 9.16. The van der Waals surface area contributed by atoms with Crippen molar-refractivity contribution in [3.8, 4) is 6.07 Å². The van der Waals surface area contributed by atoms with Crippen LogP contribution in [-0.4, -0.2) is 13.1 Å². The average molecular weight is 281 g/mol. The van der Waals surface area contributed by atoms with Crippen molar-refractivity contribution in [2.75, 3.05) is 18.0 Å². The van der Waals surface area contributed by atoms with Gasteiger partial charge < -0.3 is 4.90 Å². The van der Waals surface area contributed by atoms with Gasteiger partial charge in [-0.05, 0) is 41.4 Å². The highest BCUT2D eigenvalue weighted by atomic mass is 79.9. The van der Waals surface area contributed by atoms with E-state index in [0.29, 0.717) is 0 Å². The molecule has 0 heterocycles. The molecule has 3 heteroatoms. The van der Waals surface area contributed by atoms with Crippen LogP contribution in [0.3, 0.4) is 0 Å². The fourth-order valence-electron chi connectivity index (χ4n) is 1.68. The molecule has 86 valence electrons. The van der Waals surface area contributed by atoms with Crippen LogP contribution in [0.4, 0.5) is 5.69 Å². The fourth-order valence-corrected chi connectivity index (χ4v) is 2.13. The molecule has 2 nitrogen and oxygen atoms in total. The van der Waals surface area contributed by atoms with Crippen LogP contribution in [0.25, 0.3) is 0 Å². The molecule has 1 aromatic rings. The van der Waals surface area contributed by atoms with E-state index in [1.54, 1.807) is 0 Å². The number of nitrogens with zero attached hydrogens (tertiary/aromatic N) is 2. The van der Waals surface area contributed by atoms with E-state index in [0.717, 1.165) is 35.2 Å². The number of unbranched alkanes of at least 4 members (excludes halogenated alkanes) is 1. The van der Waals surface area contributed by atoms with E-state index in [1.807, 2.05) is 18.2 Å². The Bertz CT molecular complexity index is 382. The fraction of sp³-hybridized carbons (Fsp3) is 0.462. The zero-order chi connectivity index (χ0) is 12.0. The van der Waals surface area contributed by atoms with E-state index in [4.69, 9.17) is 5.26 Å². The monoisotopic (exact) mass is 280 g/mol. The predicted octanol–water partition coefficient (Wildman–Crippen LogP) is 3.95. The smallest absolute Gasteiger partial charge is 0.103 e. The molecule has 0 unspecified atom stereocenters. The lowest BCUT2D eigenvalue weighted by molar-refractivity contribution is 0.731. The maximum Gasteiger partial charge on any atom is 0.103 e. The van der Waals surface area contributed by atoms with Crippen LogP contribution in [0.2, 0.25) is 0 Å². The summed E-state index contributed by atoms with van der Waals surface area (Å²) in [5, 5.41) is 9.16. The highest BCUT2D eigenvalue weighted by Gasteiger charge is 2.11. The second-order valence-electron chi connectivity index (χ2n) is 3.68. The van der Waals surface area contributed by atoms with Crippen LogP contribution in [0.15, 0.2) is 22.7 Å². The summed E-state index contributed by atoms with van der Waals surface area (Å²) in [6.45, 7) is 6.25. The number of hydrogen-bond acceptors (Lipinski definition) is 2. The van der Waals surface area contributed by atoms with E-state index >= 15 is 0 Å². The molecular formula is C13H17BrN2. The molecule has 0 saturated heterocycles. The van der Waals surface area contributed by atoms with Gasteiger partial charge >= 0.3 is 0 Å². The van der Waals surface area contributed by atoms with E-state index in [2.05, 4.69) is 40.7 Å². The second kappa shape index (κ2) is 6.55. The molecule has 0 atom stereocenters. The van der Waals surface area contributed by atoms with Crippen LogP contribution >= 0.6 is 15.9 Å². The minimum Gasteiger partial charge on any atom is -0.371 e. The van der Waals surface area contributed by atoms with Crippen molar-refractivity contribution in [3.05, 3.63) is 28.2 Å². The van der Waals surface area contributed by atoms with E-state index in [-0.39, 0.29) is 0 Å². The molecule has 0 saturated carbocycles. The quantitative estimate of drug-likeness (QED) is 0.817. The van der Waals surface area contributed by atoms with Gasteiger partial charge in [-0.1, -0.05) is 19.4 Å². The molecule has 0 aliphatic rings. The lowest BCUT2D eigenvalue weighted by Crippen LogP contribution is -2.24. The lowest BCUT2D eigenvalue weighted by Gasteiger charge is -2.24. The van der Waals surface area contributed by atoms with Gasteiger partial charge in [0.1, 0.15) is 6.07 Å². The minimum absolute atomic E-state index is 0.737. The van der Waals surface area contributed by atoms with Gasteiger partial charge in [-0.2, -0.15) is 5.26 Å². The van der Waals surface area contributed by atoms with Crippen molar-refractivity contribution in [3.63, 3.8) is 0 Å². The average Bonchev–Trinajstić information content (AvgIpc) is 2.30. The Morgan fingerprint density at radius 2 is 2.12 bits per heavy atom. The van der Waals surface area contributed by atoms with Crippen molar-refractivity contribution in [1.29, 1.82) is 5.26 Å². The van der Waals surface area contributed by atoms with Crippen LogP contribution in [-0.2, 0) is 0 Å². The van der Waals surface area contributed by atoms with Gasteiger partial charge in [0.2, 0.25) is 0 Å². The van der Waals surface area contributed by atoms with Crippen LogP contribution < -0.4 is 4.90 Å². The zero-order valence-electron chi connectivity index (χ0n) is 9.83. The van der Waals surface area contributed by atoms with E-state index in [9.17, 15) is 0 Å². The SMILES string of the molecule is CCCCN(CC)c1cccc(Br)c1C#N. The molecule has 1 rings (SSSR count). The summed E-state index contributed by atoms with van der Waals surface area (Å²) in [7, 11) is 0. The first-order valence-electron chi connectivity index (χ1n) is 5.68. The molecular weight excluding hydrogens is 264 g/mol. The van der Waals surface area contributed by atoms with E-state index < -0.39 is 0 Å². The van der Waals surface area contributed by atoms with Gasteiger partial charge in [-0.3, -0.25) is 0 Å². The molecule has 0 aliphatic carbocycles. The summed E-state index contributed by atoms with van der Waals surface area (Å²) < 4.78 is 0.877. The van der Waals surface area contributed by atoms with Crippen molar-refractivity contribution >= 4 is 21.6 Å². The molecule has 0 spiro atoms. The van der Waals surface area contributed by atoms with Gasteiger partial charge in [0.15, 0.2) is 0 Å². The summed E-state index contributed by atoms with van der Waals surface area (Å²) in [5.41, 5.74) is 1.77. The number of benzene rings is 1. The first kappa shape index (κ1) is 13.1. The molecule has 0 bridgehead atoms. The second-order valence-corrected chi connectivity index (χ2v) is 4.53. The highest BCUT2D eigenvalue weighted by molar-refractivity contribution is 9.10. The molecule has 16 heavy (non-hydrogen) atoms. The minimum atomic E-state index is 0.737. The Labute approximate surface area is 106 Å². The van der Waals surface area contributed by atoms with Crippen molar-refractivity contribution in [2.45, 2.75) is 26.7 Å². The zero-order valence-corrected chi connectivity index (χ0v) is 11.4. The summed E-state index contributed by atoms with van der Waals surface area (Å²) >= 11 is 3.42. The van der Waals surface area contributed by atoms with Crippen molar-refractivity contribution in [2.24, 2.45) is 0 Å². The first-order valence-corrected chi connectivity index (χ1v) is 6.47. The largest absolute Gasteiger partial charge is 0.371 e. The molecule has 0 N–H and O–H groups in total. The molecule has 0 aromatic heterocycles. The van der Waals surface area contributed by atoms with Gasteiger partial charge in [-0.15, -0.1) is 0 Å². The molecule has 0 fully saturated rings. The Hall–Kier alpha value is -1.01. The molecule has 0 radical (unpaired) electrons. The van der Waals surface area contributed by atoms with E-state index in [1.165, 1.54) is 6.42 Å². The van der Waals surface area contributed by atoms with Crippen molar-refractivity contribution < 1.29 is 0 Å². The van der Waals surface area contributed by atoms with Gasteiger partial charge in [0.05, 0.1) is 11.3 Å². The third kappa shape index (κ3) is 2.99. The Kier molecular flexibility index (Phi) is 5.34. The summed E-state index contributed by atoms with van der Waals surface area (Å²) in [6.07, 6.45) is 2.33. The Balaban J connectivity index is 3.00. The van der Waals surface area contributed by atoms with Crippen LogP contribution in [0.1, 0.15) is 32.3 Å². The van der Waals surface area contributed by atoms with Crippen molar-refractivity contribution in [1.82, 2.24) is 0 Å². The summed E-state index contributed by atoms with van der Waals surface area (Å²) in [4.78, 5) is 2.26. The normalized spacial score (nSPS) is 9.88. The Morgan fingerprint density at radius 3 is 2.69 bits per heavy atom. The predicted molar refractivity (Wildman–Crippen MR) is 71.7 cm³/mol. The number of rotatable bonds is 5.